The van der Waals surface area contributed by atoms with Crippen LogP contribution < -0.4 is 10.1 Å². The molecule has 0 aliphatic rings. The maximum atomic E-state index is 10.5. The van der Waals surface area contributed by atoms with Gasteiger partial charge in [-0.25, -0.2) is 0 Å². The van der Waals surface area contributed by atoms with Crippen molar-refractivity contribution in [3.8, 4) is 5.75 Å². The molecule has 1 rings (SSSR count). The first-order chi connectivity index (χ1) is 9.01. The summed E-state index contributed by atoms with van der Waals surface area (Å²) in [6.45, 7) is 10.6. The smallest absolute Gasteiger partial charge is 0.124 e. The number of methoxy groups -OCH3 is 1. The predicted molar refractivity (Wildman–Crippen MR) is 79.7 cm³/mol. The van der Waals surface area contributed by atoms with Gasteiger partial charge in [-0.15, -0.1) is 6.58 Å². The highest BCUT2D eigenvalue weighted by Crippen LogP contribution is 2.30. The monoisotopic (exact) mass is 263 g/mol. The largest absolute Gasteiger partial charge is 0.496 e. The molecule has 1 aromatic rings. The summed E-state index contributed by atoms with van der Waals surface area (Å²) in [5.41, 5.74) is 2.03. The first kappa shape index (κ1) is 15.7. The van der Waals surface area contributed by atoms with Crippen LogP contribution in [-0.2, 0) is 0 Å². The summed E-state index contributed by atoms with van der Waals surface area (Å²) in [6.07, 6.45) is 1.18. The zero-order valence-corrected chi connectivity index (χ0v) is 12.3. The molecule has 106 valence electrons. The minimum absolute atomic E-state index is 0.0608. The molecule has 2 unspecified atom stereocenters. The molecular weight excluding hydrogens is 238 g/mol. The Balaban J connectivity index is 3.01. The van der Waals surface area contributed by atoms with E-state index in [9.17, 15) is 5.11 Å². The van der Waals surface area contributed by atoms with Crippen LogP contribution in [0.15, 0.2) is 30.9 Å². The number of benzene rings is 1. The molecule has 0 spiro atoms. The van der Waals surface area contributed by atoms with Gasteiger partial charge in [-0.3, -0.25) is 0 Å². The van der Waals surface area contributed by atoms with Gasteiger partial charge in [-0.2, -0.15) is 0 Å². The summed E-state index contributed by atoms with van der Waals surface area (Å²) in [5, 5.41) is 13.7. The third kappa shape index (κ3) is 4.08. The SMILES string of the molecule is C=CCNC(C)C(O)c1cc(C(C)C)ccc1OC. The topological polar surface area (TPSA) is 41.5 Å². The van der Waals surface area contributed by atoms with Crippen LogP contribution in [0.25, 0.3) is 0 Å². The van der Waals surface area contributed by atoms with E-state index < -0.39 is 6.10 Å². The molecule has 1 aromatic carbocycles. The lowest BCUT2D eigenvalue weighted by atomic mass is 9.95. The number of rotatable bonds is 7. The van der Waals surface area contributed by atoms with Gasteiger partial charge in [0.05, 0.1) is 13.2 Å². The van der Waals surface area contributed by atoms with Crippen LogP contribution in [0.2, 0.25) is 0 Å². The van der Waals surface area contributed by atoms with Crippen LogP contribution in [0.4, 0.5) is 0 Å². The van der Waals surface area contributed by atoms with Crippen LogP contribution in [-0.4, -0.2) is 24.8 Å². The Morgan fingerprint density at radius 2 is 2.05 bits per heavy atom. The molecule has 0 radical (unpaired) electrons. The number of nitrogens with one attached hydrogen (secondary N) is 1. The van der Waals surface area contributed by atoms with E-state index in [2.05, 4.69) is 25.7 Å². The van der Waals surface area contributed by atoms with Gasteiger partial charge in [0.25, 0.3) is 0 Å². The van der Waals surface area contributed by atoms with E-state index in [1.807, 2.05) is 25.1 Å². The molecule has 0 aliphatic carbocycles. The van der Waals surface area contributed by atoms with Crippen molar-refractivity contribution < 1.29 is 9.84 Å². The number of hydrogen-bond acceptors (Lipinski definition) is 3. The number of aliphatic hydroxyl groups excluding tert-OH is 1. The molecule has 0 aromatic heterocycles. The highest BCUT2D eigenvalue weighted by Gasteiger charge is 2.20. The van der Waals surface area contributed by atoms with Crippen molar-refractivity contribution in [1.82, 2.24) is 5.32 Å². The first-order valence-corrected chi connectivity index (χ1v) is 6.71. The van der Waals surface area contributed by atoms with Crippen molar-refractivity contribution in [3.63, 3.8) is 0 Å². The van der Waals surface area contributed by atoms with Crippen molar-refractivity contribution in [2.75, 3.05) is 13.7 Å². The van der Waals surface area contributed by atoms with E-state index >= 15 is 0 Å². The molecule has 0 fully saturated rings. The number of hydrogen-bond donors (Lipinski definition) is 2. The lowest BCUT2D eigenvalue weighted by Crippen LogP contribution is -2.32. The number of aliphatic hydroxyl groups is 1. The van der Waals surface area contributed by atoms with Gasteiger partial charge in [-0.1, -0.05) is 26.0 Å². The molecule has 3 heteroatoms. The Hall–Kier alpha value is -1.32. The normalized spacial score (nSPS) is 14.2. The lowest BCUT2D eigenvalue weighted by molar-refractivity contribution is 0.134. The van der Waals surface area contributed by atoms with E-state index in [1.54, 1.807) is 13.2 Å². The van der Waals surface area contributed by atoms with Crippen LogP contribution in [0.1, 0.15) is 43.9 Å². The van der Waals surface area contributed by atoms with Crippen molar-refractivity contribution in [3.05, 3.63) is 42.0 Å². The Labute approximate surface area is 116 Å². The molecule has 2 atom stereocenters. The van der Waals surface area contributed by atoms with E-state index in [0.717, 1.165) is 11.3 Å². The van der Waals surface area contributed by atoms with Gasteiger partial charge < -0.3 is 15.2 Å². The maximum Gasteiger partial charge on any atom is 0.124 e. The molecule has 19 heavy (non-hydrogen) atoms. The summed E-state index contributed by atoms with van der Waals surface area (Å²) in [6, 6.07) is 5.94. The molecule has 0 bridgehead atoms. The van der Waals surface area contributed by atoms with Crippen molar-refractivity contribution in [2.45, 2.75) is 38.8 Å². The van der Waals surface area contributed by atoms with Gasteiger partial charge in [-0.05, 0) is 30.5 Å². The summed E-state index contributed by atoms with van der Waals surface area (Å²) in [4.78, 5) is 0. The maximum absolute atomic E-state index is 10.5. The average Bonchev–Trinajstić information content (AvgIpc) is 2.42. The van der Waals surface area contributed by atoms with Gasteiger partial charge in [0.2, 0.25) is 0 Å². The lowest BCUT2D eigenvalue weighted by Gasteiger charge is -2.23. The van der Waals surface area contributed by atoms with Crippen LogP contribution in [0.3, 0.4) is 0 Å². The fraction of sp³-hybridized carbons (Fsp3) is 0.500. The minimum atomic E-state index is -0.603. The highest BCUT2D eigenvalue weighted by molar-refractivity contribution is 5.40. The molecule has 3 nitrogen and oxygen atoms in total. The van der Waals surface area contributed by atoms with E-state index in [4.69, 9.17) is 4.74 Å². The summed E-state index contributed by atoms with van der Waals surface area (Å²) < 4.78 is 5.35. The Morgan fingerprint density at radius 3 is 2.58 bits per heavy atom. The highest BCUT2D eigenvalue weighted by atomic mass is 16.5. The van der Waals surface area contributed by atoms with Crippen molar-refractivity contribution in [1.29, 1.82) is 0 Å². The first-order valence-electron chi connectivity index (χ1n) is 6.71. The molecule has 0 amide bonds. The Morgan fingerprint density at radius 1 is 1.37 bits per heavy atom. The second kappa shape index (κ2) is 7.31. The second-order valence-electron chi connectivity index (χ2n) is 5.09. The molecule has 2 N–H and O–H groups in total. The third-order valence-electron chi connectivity index (χ3n) is 3.30. The predicted octanol–water partition coefficient (Wildman–Crippen LogP) is 3.02. The minimum Gasteiger partial charge on any atom is -0.496 e. The van der Waals surface area contributed by atoms with Gasteiger partial charge >= 0.3 is 0 Å². The van der Waals surface area contributed by atoms with Crippen LogP contribution >= 0.6 is 0 Å². The van der Waals surface area contributed by atoms with Crippen LogP contribution in [0.5, 0.6) is 5.75 Å². The van der Waals surface area contributed by atoms with Crippen LogP contribution in [0, 0.1) is 0 Å². The standard InChI is InChI=1S/C16H25NO2/c1-6-9-17-12(4)16(18)14-10-13(11(2)3)7-8-15(14)19-5/h6-8,10-12,16-18H,1,9H2,2-5H3. The Kier molecular flexibility index (Phi) is 6.06. The summed E-state index contributed by atoms with van der Waals surface area (Å²) in [5.74, 6) is 1.15. The van der Waals surface area contributed by atoms with E-state index in [1.165, 1.54) is 5.56 Å². The molecular formula is C16H25NO2. The molecule has 0 saturated carbocycles. The quantitative estimate of drug-likeness (QED) is 0.743. The fourth-order valence-corrected chi connectivity index (χ4v) is 1.99. The fourth-order valence-electron chi connectivity index (χ4n) is 1.99. The third-order valence-corrected chi connectivity index (χ3v) is 3.30. The summed E-state index contributed by atoms with van der Waals surface area (Å²) in [7, 11) is 1.63. The Bertz CT molecular complexity index is 415. The van der Waals surface area contributed by atoms with Gasteiger partial charge in [0.15, 0.2) is 0 Å². The van der Waals surface area contributed by atoms with Gasteiger partial charge in [0, 0.05) is 18.2 Å². The summed E-state index contributed by atoms with van der Waals surface area (Å²) >= 11 is 0. The van der Waals surface area contributed by atoms with Gasteiger partial charge in [0.1, 0.15) is 5.75 Å². The molecule has 0 saturated heterocycles. The zero-order chi connectivity index (χ0) is 14.4. The van der Waals surface area contributed by atoms with E-state index in [0.29, 0.717) is 12.5 Å². The molecule has 0 aliphatic heterocycles. The van der Waals surface area contributed by atoms with Crippen molar-refractivity contribution in [2.24, 2.45) is 0 Å². The van der Waals surface area contributed by atoms with Crippen molar-refractivity contribution >= 4 is 0 Å². The zero-order valence-electron chi connectivity index (χ0n) is 12.3. The van der Waals surface area contributed by atoms with E-state index in [-0.39, 0.29) is 6.04 Å². The molecule has 0 heterocycles. The second-order valence-corrected chi connectivity index (χ2v) is 5.09. The number of ether oxygens (including phenoxy) is 1. The average molecular weight is 263 g/mol.